The van der Waals surface area contributed by atoms with Crippen molar-refractivity contribution in [3.8, 4) is 5.75 Å². The second kappa shape index (κ2) is 9.32. The number of pyridine rings is 1. The first-order valence-electron chi connectivity index (χ1n) is 10.7. The van der Waals surface area contributed by atoms with Gasteiger partial charge in [-0.15, -0.1) is 0 Å². The molecule has 1 aliphatic heterocycles. The smallest absolute Gasteiger partial charge is 0.246 e. The Kier molecular flexibility index (Phi) is 6.48. The van der Waals surface area contributed by atoms with E-state index in [4.69, 9.17) is 4.74 Å². The number of sulfonamides is 1. The van der Waals surface area contributed by atoms with Gasteiger partial charge in [-0.05, 0) is 56.2 Å². The maximum atomic E-state index is 13.3. The van der Waals surface area contributed by atoms with Crippen molar-refractivity contribution in [3.05, 3.63) is 59.5 Å². The normalized spacial score (nSPS) is 14.8. The summed E-state index contributed by atoms with van der Waals surface area (Å²) < 4.78 is 33.4. The van der Waals surface area contributed by atoms with Crippen LogP contribution in [0.2, 0.25) is 0 Å². The molecule has 3 heterocycles. The highest BCUT2D eigenvalue weighted by Gasteiger charge is 2.31. The van der Waals surface area contributed by atoms with Crippen LogP contribution in [0.1, 0.15) is 17.0 Å². The van der Waals surface area contributed by atoms with Crippen LogP contribution in [0.3, 0.4) is 0 Å². The average Bonchev–Trinajstić information content (AvgIpc) is 2.79. The van der Waals surface area contributed by atoms with Crippen LogP contribution in [0.4, 0.5) is 17.5 Å². The Hall–Kier alpha value is -3.24. The van der Waals surface area contributed by atoms with Crippen molar-refractivity contribution >= 4 is 27.5 Å². The van der Waals surface area contributed by atoms with E-state index in [0.29, 0.717) is 49.4 Å². The number of hydrogen-bond donors (Lipinski definition) is 1. The van der Waals surface area contributed by atoms with Crippen LogP contribution in [-0.4, -0.2) is 61.0 Å². The van der Waals surface area contributed by atoms with Gasteiger partial charge in [0, 0.05) is 38.4 Å². The van der Waals surface area contributed by atoms with Gasteiger partial charge in [0.2, 0.25) is 10.0 Å². The van der Waals surface area contributed by atoms with Crippen molar-refractivity contribution in [2.45, 2.75) is 25.7 Å². The van der Waals surface area contributed by atoms with Crippen molar-refractivity contribution in [2.75, 3.05) is 43.5 Å². The SMILES string of the molecule is COc1ccc(C)cc1S(=O)(=O)N1CCN(c2cc(Nc3cc(C)ccn3)nc(C)n2)CC1. The number of nitrogens with zero attached hydrogens (tertiary/aromatic N) is 5. The van der Waals surface area contributed by atoms with E-state index in [1.165, 1.54) is 11.4 Å². The van der Waals surface area contributed by atoms with Crippen LogP contribution in [0.25, 0.3) is 0 Å². The predicted octanol–water partition coefficient (Wildman–Crippen LogP) is 3.06. The van der Waals surface area contributed by atoms with Gasteiger partial charge in [0.05, 0.1) is 7.11 Å². The fourth-order valence-corrected chi connectivity index (χ4v) is 5.46. The molecule has 0 spiro atoms. The molecule has 1 fully saturated rings. The Morgan fingerprint density at radius 1 is 0.909 bits per heavy atom. The molecule has 174 valence electrons. The first kappa shape index (κ1) is 22.9. The standard InChI is InChI=1S/C23H28N6O3S/c1-16-5-6-19(32-4)20(13-16)33(30,31)29-11-9-28(10-12-29)23-15-22(25-18(3)26-23)27-21-14-17(2)7-8-24-21/h5-8,13-15H,9-12H2,1-4H3,(H,24,25,26,27). The topological polar surface area (TPSA) is 101 Å². The second-order valence-corrected chi connectivity index (χ2v) is 9.95. The summed E-state index contributed by atoms with van der Waals surface area (Å²) in [6.07, 6.45) is 1.75. The maximum Gasteiger partial charge on any atom is 0.246 e. The van der Waals surface area contributed by atoms with Crippen LogP contribution in [0, 0.1) is 20.8 Å². The van der Waals surface area contributed by atoms with Crippen LogP contribution < -0.4 is 15.0 Å². The third-order valence-electron chi connectivity index (χ3n) is 5.50. The lowest BCUT2D eigenvalue weighted by Gasteiger charge is -2.35. The Labute approximate surface area is 194 Å². The molecule has 1 aliphatic rings. The van der Waals surface area contributed by atoms with Gasteiger partial charge in [-0.1, -0.05) is 6.07 Å². The van der Waals surface area contributed by atoms with Crippen LogP contribution >= 0.6 is 0 Å². The zero-order valence-corrected chi connectivity index (χ0v) is 20.1. The summed E-state index contributed by atoms with van der Waals surface area (Å²) in [7, 11) is -2.18. The fourth-order valence-electron chi connectivity index (χ4n) is 3.80. The number of piperazine rings is 1. The van der Waals surface area contributed by atoms with Crippen molar-refractivity contribution in [1.29, 1.82) is 0 Å². The largest absolute Gasteiger partial charge is 0.495 e. The Balaban J connectivity index is 1.50. The molecule has 3 aromatic rings. The van der Waals surface area contributed by atoms with E-state index in [9.17, 15) is 8.42 Å². The number of ether oxygens (including phenoxy) is 1. The molecule has 0 aliphatic carbocycles. The number of rotatable bonds is 6. The van der Waals surface area contributed by atoms with Crippen molar-refractivity contribution < 1.29 is 13.2 Å². The third-order valence-corrected chi connectivity index (χ3v) is 7.42. The highest BCUT2D eigenvalue weighted by molar-refractivity contribution is 7.89. The summed E-state index contributed by atoms with van der Waals surface area (Å²) in [6, 6.07) is 10.9. The average molecular weight is 469 g/mol. The molecule has 9 nitrogen and oxygen atoms in total. The Morgan fingerprint density at radius 3 is 2.33 bits per heavy atom. The molecule has 0 unspecified atom stereocenters. The van der Waals surface area contributed by atoms with E-state index in [1.807, 2.05) is 45.0 Å². The highest BCUT2D eigenvalue weighted by Crippen LogP contribution is 2.29. The number of benzene rings is 1. The molecule has 0 atom stereocenters. The van der Waals surface area contributed by atoms with E-state index >= 15 is 0 Å². The summed E-state index contributed by atoms with van der Waals surface area (Å²) in [5, 5.41) is 3.23. The molecule has 1 N–H and O–H groups in total. The minimum absolute atomic E-state index is 0.202. The lowest BCUT2D eigenvalue weighted by molar-refractivity contribution is 0.373. The van der Waals surface area contributed by atoms with Crippen LogP contribution in [0.5, 0.6) is 5.75 Å². The van der Waals surface area contributed by atoms with Gasteiger partial charge in [0.25, 0.3) is 0 Å². The number of nitrogens with one attached hydrogen (secondary N) is 1. The number of aromatic nitrogens is 3. The molecular weight excluding hydrogens is 440 g/mol. The third kappa shape index (κ3) is 5.07. The Bertz CT molecular complexity index is 1260. The van der Waals surface area contributed by atoms with Gasteiger partial charge >= 0.3 is 0 Å². The van der Waals surface area contributed by atoms with E-state index in [0.717, 1.165) is 16.9 Å². The van der Waals surface area contributed by atoms with Gasteiger partial charge in [-0.25, -0.2) is 23.4 Å². The van der Waals surface area contributed by atoms with Crippen LogP contribution in [0.15, 0.2) is 47.5 Å². The summed E-state index contributed by atoms with van der Waals surface area (Å²) in [6.45, 7) is 7.45. The quantitative estimate of drug-likeness (QED) is 0.589. The molecule has 2 aromatic heterocycles. The highest BCUT2D eigenvalue weighted by atomic mass is 32.2. The van der Waals surface area contributed by atoms with Crippen molar-refractivity contribution in [2.24, 2.45) is 0 Å². The fraction of sp³-hybridized carbons (Fsp3) is 0.348. The molecule has 10 heteroatoms. The summed E-state index contributed by atoms with van der Waals surface area (Å²) in [5.74, 6) is 3.09. The molecule has 1 saturated heterocycles. The minimum atomic E-state index is -3.67. The van der Waals surface area contributed by atoms with Crippen molar-refractivity contribution in [3.63, 3.8) is 0 Å². The van der Waals surface area contributed by atoms with Gasteiger partial charge in [-0.3, -0.25) is 0 Å². The van der Waals surface area contributed by atoms with Gasteiger partial charge in [-0.2, -0.15) is 4.31 Å². The molecule has 0 radical (unpaired) electrons. The number of methoxy groups -OCH3 is 1. The van der Waals surface area contributed by atoms with Gasteiger partial charge < -0.3 is 15.0 Å². The van der Waals surface area contributed by atoms with Crippen molar-refractivity contribution in [1.82, 2.24) is 19.3 Å². The molecule has 4 rings (SSSR count). The lowest BCUT2D eigenvalue weighted by Crippen LogP contribution is -2.49. The summed E-state index contributed by atoms with van der Waals surface area (Å²) in [5.41, 5.74) is 1.97. The minimum Gasteiger partial charge on any atom is -0.495 e. The van der Waals surface area contributed by atoms with Gasteiger partial charge in [0.1, 0.15) is 33.9 Å². The maximum absolute atomic E-state index is 13.3. The van der Waals surface area contributed by atoms with E-state index in [-0.39, 0.29) is 4.90 Å². The summed E-state index contributed by atoms with van der Waals surface area (Å²) >= 11 is 0. The molecule has 1 aromatic carbocycles. The number of aryl methyl sites for hydroxylation is 3. The number of hydrogen-bond acceptors (Lipinski definition) is 8. The van der Waals surface area contributed by atoms with Crippen LogP contribution in [-0.2, 0) is 10.0 Å². The Morgan fingerprint density at radius 2 is 1.64 bits per heavy atom. The summed E-state index contributed by atoms with van der Waals surface area (Å²) in [4.78, 5) is 15.6. The molecule has 0 amide bonds. The molecule has 0 saturated carbocycles. The molecule has 33 heavy (non-hydrogen) atoms. The zero-order valence-electron chi connectivity index (χ0n) is 19.2. The van der Waals surface area contributed by atoms with E-state index < -0.39 is 10.0 Å². The predicted molar refractivity (Wildman–Crippen MR) is 128 cm³/mol. The second-order valence-electron chi connectivity index (χ2n) is 8.05. The zero-order chi connectivity index (χ0) is 23.6. The first-order chi connectivity index (χ1) is 15.8. The molecule has 0 bridgehead atoms. The number of anilines is 3. The van der Waals surface area contributed by atoms with E-state index in [1.54, 1.807) is 18.3 Å². The first-order valence-corrected chi connectivity index (χ1v) is 12.2. The lowest BCUT2D eigenvalue weighted by atomic mass is 10.2. The molecular formula is C23H28N6O3S. The van der Waals surface area contributed by atoms with E-state index in [2.05, 4.69) is 25.2 Å². The monoisotopic (exact) mass is 468 g/mol. The van der Waals surface area contributed by atoms with Gasteiger partial charge in [0.15, 0.2) is 0 Å².